The van der Waals surface area contributed by atoms with E-state index in [0.717, 1.165) is 121 Å². The molecule has 4 aromatic heterocycles. The maximum atomic E-state index is 11.5. The Morgan fingerprint density at radius 2 is 0.881 bits per heavy atom. The van der Waals surface area contributed by atoms with Crippen LogP contribution in [0.25, 0.3) is 44.6 Å². The van der Waals surface area contributed by atoms with Crippen molar-refractivity contribution in [1.82, 2.24) is 38.9 Å². The summed E-state index contributed by atoms with van der Waals surface area (Å²) in [6, 6.07) is 49.3. The minimum atomic E-state index is -0.730. The first-order chi connectivity index (χ1) is 29.2. The molecule has 2 saturated heterocycles. The number of hydrogen-bond acceptors (Lipinski definition) is 7. The van der Waals surface area contributed by atoms with Gasteiger partial charge in [-0.3, -0.25) is 19.8 Å². The van der Waals surface area contributed by atoms with E-state index in [2.05, 4.69) is 122 Å². The van der Waals surface area contributed by atoms with Gasteiger partial charge in [0.2, 0.25) is 0 Å². The van der Waals surface area contributed by atoms with Crippen molar-refractivity contribution in [1.29, 1.82) is 5.26 Å². The number of fused-ring (bicyclic) bond motifs is 2. The quantitative estimate of drug-likeness (QED) is 0.137. The van der Waals surface area contributed by atoms with Gasteiger partial charge in [0.1, 0.15) is 22.7 Å². The number of rotatable bonds is 10. The van der Waals surface area contributed by atoms with Crippen LogP contribution in [0.15, 0.2) is 146 Å². The minimum absolute atomic E-state index is 0.157. The van der Waals surface area contributed by atoms with E-state index in [4.69, 9.17) is 19.9 Å². The van der Waals surface area contributed by atoms with Crippen molar-refractivity contribution in [2.75, 3.05) is 26.2 Å². The molecule has 0 N–H and O–H groups in total. The fraction of sp³-hybridized carbons (Fsp3) is 0.260. The third-order valence-electron chi connectivity index (χ3n) is 12.4. The summed E-state index contributed by atoms with van der Waals surface area (Å²) in [5, 5.41) is 11.5. The van der Waals surface area contributed by atoms with E-state index < -0.39 is 5.92 Å². The summed E-state index contributed by atoms with van der Waals surface area (Å²) in [6.07, 6.45) is 7.59. The van der Waals surface area contributed by atoms with E-state index >= 15 is 0 Å². The number of benzene rings is 4. The Morgan fingerprint density at radius 3 is 1.25 bits per heavy atom. The molecule has 6 heterocycles. The largest absolute Gasteiger partial charge is 0.323 e. The summed E-state index contributed by atoms with van der Waals surface area (Å²) in [5.41, 5.74) is 10.0. The van der Waals surface area contributed by atoms with Crippen LogP contribution in [0.5, 0.6) is 0 Å². The number of aromatic nitrogens is 6. The van der Waals surface area contributed by atoms with Gasteiger partial charge in [0.05, 0.1) is 28.5 Å². The maximum Gasteiger partial charge on any atom is 0.162 e. The molecule has 0 saturated carbocycles. The third kappa shape index (κ3) is 7.31. The van der Waals surface area contributed by atoms with Crippen LogP contribution in [-0.4, -0.2) is 65.0 Å². The van der Waals surface area contributed by atoms with Gasteiger partial charge in [-0.25, -0.2) is 9.97 Å². The molecule has 0 radical (unpaired) electrons. The Bertz CT molecular complexity index is 2520. The van der Waals surface area contributed by atoms with Crippen LogP contribution in [0.4, 0.5) is 0 Å². The molecule has 4 aromatic carbocycles. The number of imidazole rings is 2. The smallest absolute Gasteiger partial charge is 0.162 e. The molecule has 0 amide bonds. The zero-order valence-electron chi connectivity index (χ0n) is 33.2. The van der Waals surface area contributed by atoms with Crippen LogP contribution in [0, 0.1) is 11.3 Å². The predicted octanol–water partition coefficient (Wildman–Crippen LogP) is 9.84. The lowest BCUT2D eigenvalue weighted by molar-refractivity contribution is 0.177. The molecule has 0 spiro atoms. The molecule has 2 fully saturated rings. The summed E-state index contributed by atoms with van der Waals surface area (Å²) >= 11 is 0. The van der Waals surface area contributed by atoms with E-state index in [1.165, 1.54) is 11.1 Å². The number of piperidine rings is 2. The Morgan fingerprint density at radius 1 is 0.508 bits per heavy atom. The molecule has 0 unspecified atom stereocenters. The molecule has 9 heteroatoms. The molecule has 2 aliphatic heterocycles. The van der Waals surface area contributed by atoms with Crippen molar-refractivity contribution >= 4 is 22.1 Å². The molecular weight excluding hydrogens is 727 g/mol. The number of pyridine rings is 2. The predicted molar refractivity (Wildman–Crippen MR) is 233 cm³/mol. The number of likely N-dealkylation sites (tertiary alicyclic amines) is 2. The van der Waals surface area contributed by atoms with Crippen molar-refractivity contribution in [2.45, 2.75) is 56.8 Å². The molecule has 0 bridgehead atoms. The van der Waals surface area contributed by atoms with Gasteiger partial charge in [0.15, 0.2) is 5.92 Å². The van der Waals surface area contributed by atoms with Gasteiger partial charge in [-0.1, -0.05) is 121 Å². The highest BCUT2D eigenvalue weighted by atomic mass is 15.2. The zero-order chi connectivity index (χ0) is 39.5. The average Bonchev–Trinajstić information content (AvgIpc) is 3.88. The molecule has 0 aliphatic carbocycles. The Labute approximate surface area is 345 Å². The number of hydrogen-bond donors (Lipinski definition) is 0. The van der Waals surface area contributed by atoms with E-state index in [1.807, 2.05) is 48.8 Å². The van der Waals surface area contributed by atoms with Gasteiger partial charge in [-0.05, 0) is 48.9 Å². The first-order valence-electron chi connectivity index (χ1n) is 21.0. The van der Waals surface area contributed by atoms with Crippen LogP contribution in [0.2, 0.25) is 0 Å². The number of nitrogens with zero attached hydrogens (tertiary/aromatic N) is 9. The molecule has 2 aliphatic rings. The highest BCUT2D eigenvalue weighted by Gasteiger charge is 2.35. The van der Waals surface area contributed by atoms with E-state index in [0.29, 0.717) is 0 Å². The van der Waals surface area contributed by atoms with Crippen molar-refractivity contribution in [2.24, 2.45) is 0 Å². The first-order valence-corrected chi connectivity index (χ1v) is 21.0. The summed E-state index contributed by atoms with van der Waals surface area (Å²) in [4.78, 5) is 25.9. The van der Waals surface area contributed by atoms with E-state index in [1.54, 1.807) is 0 Å². The van der Waals surface area contributed by atoms with Crippen LogP contribution in [-0.2, 0) is 13.1 Å². The van der Waals surface area contributed by atoms with Gasteiger partial charge in [0.25, 0.3) is 0 Å². The lowest BCUT2D eigenvalue weighted by Gasteiger charge is -2.35. The lowest BCUT2D eigenvalue weighted by atomic mass is 10.0. The van der Waals surface area contributed by atoms with Crippen molar-refractivity contribution < 1.29 is 0 Å². The lowest BCUT2D eigenvalue weighted by Crippen LogP contribution is -2.35. The van der Waals surface area contributed by atoms with Gasteiger partial charge in [0, 0.05) is 74.9 Å². The normalized spacial score (nSPS) is 15.9. The van der Waals surface area contributed by atoms with Gasteiger partial charge in [-0.15, -0.1) is 0 Å². The van der Waals surface area contributed by atoms with Gasteiger partial charge < -0.3 is 9.13 Å². The monoisotopic (exact) mass is 773 g/mol. The Kier molecular flexibility index (Phi) is 10.2. The van der Waals surface area contributed by atoms with Crippen molar-refractivity contribution in [3.05, 3.63) is 169 Å². The fourth-order valence-corrected chi connectivity index (χ4v) is 9.46. The van der Waals surface area contributed by atoms with Crippen LogP contribution < -0.4 is 0 Å². The molecule has 8 aromatic rings. The molecule has 0 atom stereocenters. The van der Waals surface area contributed by atoms with Crippen molar-refractivity contribution in [3.63, 3.8) is 0 Å². The molecule has 9 nitrogen and oxygen atoms in total. The average molecular weight is 774 g/mol. The van der Waals surface area contributed by atoms with Crippen molar-refractivity contribution in [3.8, 4) is 28.6 Å². The van der Waals surface area contributed by atoms with Gasteiger partial charge >= 0.3 is 0 Å². The summed E-state index contributed by atoms with van der Waals surface area (Å²) in [7, 11) is 0. The van der Waals surface area contributed by atoms with Gasteiger partial charge in [-0.2, -0.15) is 5.26 Å². The van der Waals surface area contributed by atoms with E-state index in [9.17, 15) is 5.26 Å². The van der Waals surface area contributed by atoms with Crippen LogP contribution in [0.3, 0.4) is 0 Å². The fourth-order valence-electron chi connectivity index (χ4n) is 9.46. The molecule has 59 heavy (non-hydrogen) atoms. The second-order valence-corrected chi connectivity index (χ2v) is 16.0. The summed E-state index contributed by atoms with van der Waals surface area (Å²) in [6.45, 7) is 5.69. The minimum Gasteiger partial charge on any atom is -0.323 e. The second kappa shape index (κ2) is 16.4. The molecule has 292 valence electrons. The number of nitriles is 1. The highest BCUT2D eigenvalue weighted by molar-refractivity contribution is 5.91. The summed E-state index contributed by atoms with van der Waals surface area (Å²) < 4.78 is 4.78. The first kappa shape index (κ1) is 36.8. The standard InChI is InChI=1S/C50H47N9/c51-33-42(49-54-47-43(21-27-52-45(47)38-17-9-3-10-18-38)58(49)40-23-29-56(30-24-40)34-36-13-5-1-6-14-36)50-55-48-44(22-28-53-46(48)39-19-11-4-12-20-39)59(50)41-25-31-57(32-26-41)35-37-15-7-2-8-16-37/h1-22,27-28,40-42H,23-26,29-32,34-35H2. The SMILES string of the molecule is N#CC(c1nc2c(-c3ccccc3)nccc2n1C1CCN(Cc2ccccc2)CC1)c1nc2c(-c3ccccc3)nccc2n1C1CCN(Cc2ccccc2)CC1. The molecular formula is C50H47N9. The maximum absolute atomic E-state index is 11.5. The second-order valence-electron chi connectivity index (χ2n) is 16.0. The highest BCUT2D eigenvalue weighted by Crippen LogP contribution is 2.40. The third-order valence-corrected chi connectivity index (χ3v) is 12.4. The van der Waals surface area contributed by atoms with Crippen LogP contribution in [0.1, 0.15) is 66.5 Å². The summed E-state index contributed by atoms with van der Waals surface area (Å²) in [5.74, 6) is 0.745. The topological polar surface area (TPSA) is 91.7 Å². The Hall–Kier alpha value is -6.47. The van der Waals surface area contributed by atoms with E-state index in [-0.39, 0.29) is 12.1 Å². The van der Waals surface area contributed by atoms with Crippen LogP contribution >= 0.6 is 0 Å². The Balaban J connectivity index is 1.09. The zero-order valence-corrected chi connectivity index (χ0v) is 33.2. The molecule has 10 rings (SSSR count).